The zero-order valence-electron chi connectivity index (χ0n) is 19.8. The van der Waals surface area contributed by atoms with Crippen molar-refractivity contribution in [3.8, 4) is 5.75 Å². The van der Waals surface area contributed by atoms with Gasteiger partial charge in [0.1, 0.15) is 22.9 Å². The van der Waals surface area contributed by atoms with Gasteiger partial charge < -0.3 is 22.3 Å². The molecule has 176 valence electrons. The Morgan fingerprint density at radius 1 is 1.29 bits per heavy atom. The average Bonchev–Trinajstić information content (AvgIpc) is 3.21. The van der Waals surface area contributed by atoms with Crippen LogP contribution in [0.2, 0.25) is 0 Å². The van der Waals surface area contributed by atoms with Gasteiger partial charge in [0.15, 0.2) is 0 Å². The number of phenolic OH excluding ortho intramolecular Hbond substituents is 1. The Bertz CT molecular complexity index is 1100. The van der Waals surface area contributed by atoms with Crippen LogP contribution >= 0.6 is 23.5 Å². The third kappa shape index (κ3) is 5.18. The maximum Gasteiger partial charge on any atom is 1.00 e. The number of allylic oxidation sites excluding steroid dienone is 1. The molecule has 0 unspecified atom stereocenters. The Labute approximate surface area is 228 Å². The molecule has 2 saturated heterocycles. The summed E-state index contributed by atoms with van der Waals surface area (Å²) in [7, 11) is 0. The van der Waals surface area contributed by atoms with E-state index in [1.165, 1.54) is 40.6 Å². The number of amides is 3. The van der Waals surface area contributed by atoms with Crippen LogP contribution in [0.15, 0.2) is 46.7 Å². The SMILES string of the molecule is CSCC(=O)N[C@@H]1C(=O)N2C(C(=O)O)=C(C(Cc3ccc(O)cc3)=C3CCNC3=O)CS[C@H]12.[H-].[Na+]. The maximum absolute atomic E-state index is 12.9. The molecule has 1 aromatic carbocycles. The van der Waals surface area contributed by atoms with Crippen LogP contribution in [-0.4, -0.2) is 74.5 Å². The summed E-state index contributed by atoms with van der Waals surface area (Å²) in [6.45, 7) is 0.463. The average molecular weight is 514 g/mol. The second-order valence-corrected chi connectivity index (χ2v) is 9.80. The van der Waals surface area contributed by atoms with E-state index in [-0.39, 0.29) is 72.2 Å². The second-order valence-electron chi connectivity index (χ2n) is 7.83. The molecule has 3 aliphatic rings. The van der Waals surface area contributed by atoms with Gasteiger partial charge in [-0.15, -0.1) is 11.8 Å². The van der Waals surface area contributed by atoms with E-state index < -0.39 is 23.3 Å². The number of nitrogens with one attached hydrogen (secondary N) is 2. The number of fused-ring (bicyclic) bond motifs is 1. The van der Waals surface area contributed by atoms with Crippen LogP contribution in [0.1, 0.15) is 13.4 Å². The van der Waals surface area contributed by atoms with Crippen LogP contribution in [-0.2, 0) is 25.6 Å². The van der Waals surface area contributed by atoms with Crippen molar-refractivity contribution in [2.24, 2.45) is 0 Å². The molecule has 4 N–H and O–H groups in total. The number of benzene rings is 1. The third-order valence-corrected chi connectivity index (χ3v) is 7.57. The zero-order chi connectivity index (χ0) is 23.7. The molecule has 3 amide bonds. The van der Waals surface area contributed by atoms with Crippen molar-refractivity contribution in [1.82, 2.24) is 15.5 Å². The van der Waals surface area contributed by atoms with Gasteiger partial charge in [0.05, 0.1) is 5.75 Å². The molecule has 2 fully saturated rings. The number of thioether (sulfide) groups is 2. The Morgan fingerprint density at radius 3 is 2.59 bits per heavy atom. The summed E-state index contributed by atoms with van der Waals surface area (Å²) in [5.74, 6) is -1.63. The first kappa shape index (κ1) is 26.7. The minimum Gasteiger partial charge on any atom is -1.00 e. The monoisotopic (exact) mass is 513 g/mol. The molecule has 0 aliphatic carbocycles. The number of hydrogen-bond donors (Lipinski definition) is 4. The van der Waals surface area contributed by atoms with Crippen molar-refractivity contribution in [2.75, 3.05) is 24.3 Å². The van der Waals surface area contributed by atoms with E-state index in [4.69, 9.17) is 0 Å². The van der Waals surface area contributed by atoms with Crippen LogP contribution < -0.4 is 40.2 Å². The summed E-state index contributed by atoms with van der Waals surface area (Å²) >= 11 is 2.71. The van der Waals surface area contributed by atoms with Crippen LogP contribution in [0.5, 0.6) is 5.75 Å². The van der Waals surface area contributed by atoms with Crippen molar-refractivity contribution >= 4 is 47.2 Å². The fourth-order valence-corrected chi connectivity index (χ4v) is 5.95. The summed E-state index contributed by atoms with van der Waals surface area (Å²) in [5, 5.41) is 24.6. The quantitative estimate of drug-likeness (QED) is 0.186. The molecular formula is C22H24N3NaO6S2. The van der Waals surface area contributed by atoms with Gasteiger partial charge in [0.25, 0.3) is 5.91 Å². The van der Waals surface area contributed by atoms with Gasteiger partial charge >= 0.3 is 35.5 Å². The van der Waals surface area contributed by atoms with Crippen molar-refractivity contribution in [2.45, 2.75) is 24.3 Å². The van der Waals surface area contributed by atoms with Crippen LogP contribution in [0.4, 0.5) is 0 Å². The molecule has 0 aromatic heterocycles. The standard InChI is InChI=1S/C22H23N3O6S2.Na.H/c1-32-10-16(27)24-17-20(29)25-18(22(30)31)15(9-33-21(17)25)14(13-6-7-23-19(13)28)8-11-2-4-12(26)5-3-11;;/h2-5,17,21,26H,6-10H2,1H3,(H,23,28)(H,24,27)(H,30,31);;/q;+1;-1/t17-,21-;;/m1../s1. The van der Waals surface area contributed by atoms with Crippen LogP contribution in [0.25, 0.3) is 0 Å². The van der Waals surface area contributed by atoms with Gasteiger partial charge in [-0.2, -0.15) is 11.8 Å². The van der Waals surface area contributed by atoms with E-state index in [2.05, 4.69) is 10.6 Å². The van der Waals surface area contributed by atoms with Crippen LogP contribution in [0, 0.1) is 0 Å². The van der Waals surface area contributed by atoms with E-state index in [9.17, 15) is 29.4 Å². The van der Waals surface area contributed by atoms with E-state index in [1.807, 2.05) is 0 Å². The number of hydrogen-bond acceptors (Lipinski definition) is 7. The number of carboxylic acid groups (broad SMARTS) is 1. The normalized spacial score (nSPS) is 22.9. The molecule has 4 rings (SSSR count). The molecule has 0 saturated carbocycles. The number of carbonyl (C=O) groups excluding carboxylic acids is 3. The third-order valence-electron chi connectivity index (χ3n) is 5.74. The second kappa shape index (κ2) is 11.2. The Hall–Kier alpha value is -1.92. The van der Waals surface area contributed by atoms with E-state index in [0.29, 0.717) is 29.7 Å². The molecule has 12 heteroatoms. The largest absolute Gasteiger partial charge is 1.00 e. The fourth-order valence-electron chi connectivity index (χ4n) is 4.22. The minimum atomic E-state index is -1.25. The number of β-lactam (4-membered cyclic amide) rings is 1. The number of aliphatic carboxylic acids is 1. The van der Waals surface area contributed by atoms with E-state index in [1.54, 1.807) is 18.4 Å². The van der Waals surface area contributed by atoms with Crippen LogP contribution in [0.3, 0.4) is 0 Å². The Morgan fingerprint density at radius 2 is 2.00 bits per heavy atom. The molecule has 1 aromatic rings. The van der Waals surface area contributed by atoms with E-state index in [0.717, 1.165) is 5.56 Å². The van der Waals surface area contributed by atoms with Gasteiger partial charge in [0.2, 0.25) is 11.8 Å². The van der Waals surface area contributed by atoms with Gasteiger partial charge in [-0.1, -0.05) is 12.1 Å². The Kier molecular flexibility index (Phi) is 8.80. The molecule has 0 spiro atoms. The van der Waals surface area contributed by atoms with Crippen molar-refractivity contribution in [1.29, 1.82) is 0 Å². The number of rotatable bonds is 7. The number of carbonyl (C=O) groups is 4. The number of aromatic hydroxyl groups is 1. The molecule has 3 heterocycles. The summed E-state index contributed by atoms with van der Waals surface area (Å²) in [5.41, 5.74) is 2.19. The number of nitrogens with zero attached hydrogens (tertiary/aromatic N) is 1. The van der Waals surface area contributed by atoms with Gasteiger partial charge in [0, 0.05) is 17.9 Å². The van der Waals surface area contributed by atoms with Gasteiger partial charge in [-0.05, 0) is 47.9 Å². The van der Waals surface area contributed by atoms with E-state index >= 15 is 0 Å². The molecule has 2 atom stereocenters. The summed E-state index contributed by atoms with van der Waals surface area (Å²) in [6, 6.07) is 5.73. The summed E-state index contributed by atoms with van der Waals surface area (Å²) in [4.78, 5) is 50.9. The van der Waals surface area contributed by atoms with Crippen molar-refractivity contribution < 1.29 is 60.4 Å². The van der Waals surface area contributed by atoms with Crippen molar-refractivity contribution in [3.63, 3.8) is 0 Å². The molecule has 9 nitrogen and oxygen atoms in total. The topological polar surface area (TPSA) is 136 Å². The first-order valence-electron chi connectivity index (χ1n) is 10.3. The van der Waals surface area contributed by atoms with Gasteiger partial charge in [-0.3, -0.25) is 19.3 Å². The molecule has 34 heavy (non-hydrogen) atoms. The maximum atomic E-state index is 12.9. The molecular weight excluding hydrogens is 489 g/mol. The predicted molar refractivity (Wildman–Crippen MR) is 126 cm³/mol. The molecule has 0 bridgehead atoms. The first-order chi connectivity index (χ1) is 15.8. The molecule has 0 radical (unpaired) electrons. The Balaban J connectivity index is 0.00000216. The summed E-state index contributed by atoms with van der Waals surface area (Å²) < 4.78 is 0. The van der Waals surface area contributed by atoms with Crippen molar-refractivity contribution in [3.05, 3.63) is 52.2 Å². The van der Waals surface area contributed by atoms with Gasteiger partial charge in [-0.25, -0.2) is 4.79 Å². The molecule has 3 aliphatic heterocycles. The smallest absolute Gasteiger partial charge is 1.00 e. The fraction of sp³-hybridized carbons (Fsp3) is 0.364. The zero-order valence-corrected chi connectivity index (χ0v) is 22.4. The number of carboxylic acids is 1. The predicted octanol–water partition coefficient (Wildman–Crippen LogP) is -2.03. The summed E-state index contributed by atoms with van der Waals surface area (Å²) in [6.07, 6.45) is 2.53. The first-order valence-corrected chi connectivity index (χ1v) is 12.7. The number of phenols is 1. The minimum absolute atomic E-state index is 0.